The van der Waals surface area contributed by atoms with Gasteiger partial charge in [-0.15, -0.1) is 0 Å². The fraction of sp³-hybridized carbons (Fsp3) is 0.200. The average molecular weight is 387 g/mol. The Morgan fingerprint density at radius 3 is 2.72 bits per heavy atom. The van der Waals surface area contributed by atoms with Crippen LogP contribution in [-0.4, -0.2) is 32.8 Å². The van der Waals surface area contributed by atoms with Gasteiger partial charge in [-0.2, -0.15) is 15.2 Å². The molecule has 0 saturated carbocycles. The highest BCUT2D eigenvalue weighted by molar-refractivity contribution is 6.14. The third kappa shape index (κ3) is 3.49. The fourth-order valence-electron chi connectivity index (χ4n) is 3.34. The lowest BCUT2D eigenvalue weighted by atomic mass is 9.96. The third-order valence-electron chi connectivity index (χ3n) is 4.69. The molecule has 9 nitrogen and oxygen atoms in total. The van der Waals surface area contributed by atoms with E-state index in [0.29, 0.717) is 5.82 Å². The maximum absolute atomic E-state index is 9.44. The number of nitrogen functional groups attached to an aromatic ring is 2. The molecule has 0 aliphatic carbocycles. The standard InChI is InChI=1S/C20H21N9/c1-11-8-16-25-17(13-6-4-3-5-7-13)15(10-29(16)28-11)12(2)24-19-14(9-21)18(22)26-20(23)27-19/h3-8,10-12,28H,1-2H3,(H5,22,23,24,26,27)/t11?,12-/m0/s1. The summed E-state index contributed by atoms with van der Waals surface area (Å²) in [5.41, 5.74) is 17.8. The number of nitriles is 1. The van der Waals surface area contributed by atoms with E-state index in [2.05, 4.69) is 33.7 Å². The molecule has 0 amide bonds. The number of hydrogen-bond donors (Lipinski definition) is 4. The molecule has 29 heavy (non-hydrogen) atoms. The molecule has 1 unspecified atom stereocenters. The summed E-state index contributed by atoms with van der Waals surface area (Å²) in [5.74, 6) is 1.19. The van der Waals surface area contributed by atoms with Crippen molar-refractivity contribution in [2.45, 2.75) is 25.9 Å². The summed E-state index contributed by atoms with van der Waals surface area (Å²) in [4.78, 5) is 12.9. The van der Waals surface area contributed by atoms with Crippen LogP contribution >= 0.6 is 0 Å². The number of aromatic nitrogens is 2. The number of fused-ring (bicyclic) bond motifs is 1. The highest BCUT2D eigenvalue weighted by Gasteiger charge is 2.28. The number of rotatable bonds is 4. The Morgan fingerprint density at radius 1 is 1.24 bits per heavy atom. The Morgan fingerprint density at radius 2 is 2.00 bits per heavy atom. The number of hydrazine groups is 1. The molecule has 0 bridgehead atoms. The smallest absolute Gasteiger partial charge is 0.224 e. The summed E-state index contributed by atoms with van der Waals surface area (Å²) in [6, 6.07) is 11.9. The number of hydrogen-bond acceptors (Lipinski definition) is 9. The number of nitrogens with two attached hydrogens (primary N) is 2. The van der Waals surface area contributed by atoms with E-state index in [1.807, 2.05) is 54.5 Å². The van der Waals surface area contributed by atoms with Crippen LogP contribution in [0.4, 0.5) is 17.6 Å². The van der Waals surface area contributed by atoms with Crippen molar-refractivity contribution < 1.29 is 0 Å². The van der Waals surface area contributed by atoms with Crippen LogP contribution in [0.5, 0.6) is 0 Å². The normalized spacial score (nSPS) is 18.9. The van der Waals surface area contributed by atoms with Crippen LogP contribution in [-0.2, 0) is 0 Å². The maximum atomic E-state index is 9.44. The lowest BCUT2D eigenvalue weighted by Crippen LogP contribution is -2.37. The van der Waals surface area contributed by atoms with Gasteiger partial charge in [0.2, 0.25) is 5.95 Å². The lowest BCUT2D eigenvalue weighted by molar-refractivity contribution is 0.346. The molecule has 3 heterocycles. The van der Waals surface area contributed by atoms with Crippen molar-refractivity contribution in [3.05, 3.63) is 65.1 Å². The van der Waals surface area contributed by atoms with Gasteiger partial charge in [-0.05, 0) is 19.9 Å². The van der Waals surface area contributed by atoms with Crippen LogP contribution < -0.4 is 22.2 Å². The van der Waals surface area contributed by atoms with Crippen LogP contribution in [0.1, 0.15) is 25.0 Å². The molecule has 0 saturated heterocycles. The average Bonchev–Trinajstić information content (AvgIpc) is 3.06. The SMILES string of the molecule is CC1C=C2N=C(c3ccccc3)C([C@H](C)Nc3nc(N)nc(N)c3C#N)=CN2N1. The van der Waals surface area contributed by atoms with Gasteiger partial charge >= 0.3 is 0 Å². The first-order valence-electron chi connectivity index (χ1n) is 9.19. The van der Waals surface area contributed by atoms with E-state index in [0.717, 1.165) is 22.7 Å². The van der Waals surface area contributed by atoms with E-state index in [1.165, 1.54) is 0 Å². The number of nitrogens with zero attached hydrogens (tertiary/aromatic N) is 5. The van der Waals surface area contributed by atoms with Crippen molar-refractivity contribution >= 4 is 23.3 Å². The zero-order valence-corrected chi connectivity index (χ0v) is 16.1. The van der Waals surface area contributed by atoms with Gasteiger partial charge in [0.05, 0.1) is 11.8 Å². The van der Waals surface area contributed by atoms with E-state index in [4.69, 9.17) is 16.5 Å². The van der Waals surface area contributed by atoms with Gasteiger partial charge in [-0.3, -0.25) is 5.01 Å². The van der Waals surface area contributed by atoms with E-state index >= 15 is 0 Å². The van der Waals surface area contributed by atoms with E-state index in [9.17, 15) is 5.26 Å². The van der Waals surface area contributed by atoms with Gasteiger partial charge in [0.15, 0.2) is 5.82 Å². The lowest BCUT2D eigenvalue weighted by Gasteiger charge is -2.28. The first-order valence-corrected chi connectivity index (χ1v) is 9.19. The minimum Gasteiger partial charge on any atom is -0.382 e. The minimum atomic E-state index is -0.242. The molecular formula is C20H21N9. The Kier molecular flexibility index (Phi) is 4.62. The van der Waals surface area contributed by atoms with E-state index in [1.54, 1.807) is 0 Å². The molecule has 9 heteroatoms. The van der Waals surface area contributed by atoms with Crippen molar-refractivity contribution in [3.63, 3.8) is 0 Å². The van der Waals surface area contributed by atoms with Crippen LogP contribution in [0.3, 0.4) is 0 Å². The molecule has 0 spiro atoms. The highest BCUT2D eigenvalue weighted by Crippen LogP contribution is 2.28. The number of nitrogens with one attached hydrogen (secondary N) is 2. The second kappa shape index (κ2) is 7.26. The van der Waals surface area contributed by atoms with Gasteiger partial charge in [0.25, 0.3) is 0 Å². The predicted octanol–water partition coefficient (Wildman–Crippen LogP) is 1.75. The van der Waals surface area contributed by atoms with Crippen molar-refractivity contribution in [3.8, 4) is 6.07 Å². The van der Waals surface area contributed by atoms with E-state index < -0.39 is 0 Å². The van der Waals surface area contributed by atoms with Crippen LogP contribution in [0.25, 0.3) is 0 Å². The molecule has 1 aromatic carbocycles. The molecule has 2 aliphatic rings. The summed E-state index contributed by atoms with van der Waals surface area (Å²) in [7, 11) is 0. The number of aliphatic imine (C=N–C) groups is 1. The highest BCUT2D eigenvalue weighted by atomic mass is 15.6. The van der Waals surface area contributed by atoms with Gasteiger partial charge in [0, 0.05) is 23.4 Å². The molecule has 2 atom stereocenters. The largest absolute Gasteiger partial charge is 0.382 e. The molecule has 4 rings (SSSR count). The monoisotopic (exact) mass is 387 g/mol. The first kappa shape index (κ1) is 18.5. The summed E-state index contributed by atoms with van der Waals surface area (Å²) in [6.45, 7) is 4.03. The van der Waals surface area contributed by atoms with Crippen molar-refractivity contribution in [2.75, 3.05) is 16.8 Å². The second-order valence-corrected chi connectivity index (χ2v) is 6.89. The van der Waals surface area contributed by atoms with Gasteiger partial charge in [-0.25, -0.2) is 10.4 Å². The molecule has 1 aromatic heterocycles. The zero-order valence-electron chi connectivity index (χ0n) is 16.1. The molecule has 0 radical (unpaired) electrons. The van der Waals surface area contributed by atoms with E-state index in [-0.39, 0.29) is 29.4 Å². The van der Waals surface area contributed by atoms with Gasteiger partial charge in [0.1, 0.15) is 23.3 Å². The molecule has 0 fully saturated rings. The quantitative estimate of drug-likeness (QED) is 0.622. The summed E-state index contributed by atoms with van der Waals surface area (Å²) >= 11 is 0. The maximum Gasteiger partial charge on any atom is 0.224 e. The minimum absolute atomic E-state index is 0.00558. The van der Waals surface area contributed by atoms with Crippen LogP contribution in [0.2, 0.25) is 0 Å². The number of benzene rings is 1. The summed E-state index contributed by atoms with van der Waals surface area (Å²) in [6.07, 6.45) is 4.07. The first-order chi connectivity index (χ1) is 14.0. The van der Waals surface area contributed by atoms with Gasteiger partial charge in [-0.1, -0.05) is 30.3 Å². The van der Waals surface area contributed by atoms with Crippen LogP contribution in [0, 0.1) is 11.3 Å². The number of anilines is 3. The molecule has 2 aliphatic heterocycles. The topological polar surface area (TPSA) is 141 Å². The molecular weight excluding hydrogens is 366 g/mol. The Labute approximate surface area is 168 Å². The zero-order chi connectivity index (χ0) is 20.5. The Balaban J connectivity index is 1.73. The van der Waals surface area contributed by atoms with Crippen molar-refractivity contribution in [1.82, 2.24) is 20.4 Å². The predicted molar refractivity (Wildman–Crippen MR) is 112 cm³/mol. The van der Waals surface area contributed by atoms with Gasteiger partial charge < -0.3 is 16.8 Å². The van der Waals surface area contributed by atoms with Crippen molar-refractivity contribution in [1.29, 1.82) is 5.26 Å². The second-order valence-electron chi connectivity index (χ2n) is 6.89. The van der Waals surface area contributed by atoms with Crippen LogP contribution in [0.15, 0.2) is 59.0 Å². The molecule has 2 aromatic rings. The summed E-state index contributed by atoms with van der Waals surface area (Å²) < 4.78 is 0. The third-order valence-corrected chi connectivity index (χ3v) is 4.69. The fourth-order valence-corrected chi connectivity index (χ4v) is 3.34. The molecule has 146 valence electrons. The Bertz CT molecular complexity index is 1080. The van der Waals surface area contributed by atoms with Crippen molar-refractivity contribution in [2.24, 2.45) is 4.99 Å². The summed E-state index contributed by atoms with van der Waals surface area (Å²) in [5, 5.41) is 14.6. The molecule has 6 N–H and O–H groups in total. The Hall–Kier alpha value is -3.90.